The third kappa shape index (κ3) is 3.09. The minimum atomic E-state index is 0.483. The van der Waals surface area contributed by atoms with Gasteiger partial charge in [0.05, 0.1) is 5.70 Å². The summed E-state index contributed by atoms with van der Waals surface area (Å²) in [6, 6.07) is 13.7. The van der Waals surface area contributed by atoms with Crippen LogP contribution in [-0.2, 0) is 6.42 Å². The van der Waals surface area contributed by atoms with Crippen LogP contribution >= 0.6 is 0 Å². The molecule has 6 rings (SSSR count). The Labute approximate surface area is 190 Å². The van der Waals surface area contributed by atoms with Crippen LogP contribution in [0.2, 0.25) is 0 Å². The summed E-state index contributed by atoms with van der Waals surface area (Å²) in [4.78, 5) is 9.78. The number of nitrogens with zero attached hydrogens (tertiary/aromatic N) is 2. The fraction of sp³-hybridized carbons (Fsp3) is 0.379. The molecule has 0 bridgehead atoms. The van der Waals surface area contributed by atoms with Crippen LogP contribution < -0.4 is 4.74 Å². The summed E-state index contributed by atoms with van der Waals surface area (Å²) in [7, 11) is 0. The summed E-state index contributed by atoms with van der Waals surface area (Å²) < 4.78 is 6.14. The lowest BCUT2D eigenvalue weighted by molar-refractivity contribution is 0.345. The lowest BCUT2D eigenvalue weighted by atomic mass is 9.85. The van der Waals surface area contributed by atoms with Gasteiger partial charge in [-0.1, -0.05) is 58.0 Å². The second-order valence-electron chi connectivity index (χ2n) is 10.1. The van der Waals surface area contributed by atoms with Crippen LogP contribution in [0.5, 0.6) is 5.75 Å². The van der Waals surface area contributed by atoms with Gasteiger partial charge in [-0.05, 0) is 64.1 Å². The first-order chi connectivity index (χ1) is 15.5. The van der Waals surface area contributed by atoms with E-state index in [0.717, 1.165) is 37.1 Å². The highest BCUT2D eigenvalue weighted by atomic mass is 16.5. The van der Waals surface area contributed by atoms with Crippen molar-refractivity contribution in [3.05, 3.63) is 64.5 Å². The van der Waals surface area contributed by atoms with Crippen molar-refractivity contribution in [3.8, 4) is 16.9 Å². The molecular weight excluding hydrogens is 392 g/mol. The number of allylic oxidation sites excluding steroid dienone is 3. The van der Waals surface area contributed by atoms with E-state index < -0.39 is 0 Å². The zero-order valence-electron chi connectivity index (χ0n) is 19.5. The van der Waals surface area contributed by atoms with Crippen molar-refractivity contribution in [3.63, 3.8) is 0 Å². The van der Waals surface area contributed by atoms with Gasteiger partial charge in [0.25, 0.3) is 0 Å². The van der Waals surface area contributed by atoms with Gasteiger partial charge < -0.3 is 4.74 Å². The number of hydrogen-bond donors (Lipinski definition) is 0. The quantitative estimate of drug-likeness (QED) is 0.519. The second kappa shape index (κ2) is 7.30. The average Bonchev–Trinajstić information content (AvgIpc) is 3.43. The molecule has 3 aliphatic heterocycles. The van der Waals surface area contributed by atoms with E-state index in [4.69, 9.17) is 14.7 Å². The number of aryl methyl sites for hydroxylation is 1. The first-order valence-electron chi connectivity index (χ1n) is 12.0. The highest BCUT2D eigenvalue weighted by Gasteiger charge is 2.28. The molecule has 0 aromatic heterocycles. The molecule has 0 fully saturated rings. The molecule has 2 aromatic carbocycles. The molecule has 0 atom stereocenters. The van der Waals surface area contributed by atoms with Crippen molar-refractivity contribution in [2.45, 2.75) is 53.4 Å². The SMILES string of the molecule is CC(C)C1=NC2=C(C1)c1ccc(-c3ccc4c(c3)OCC3=C4CC(C(C)C)=N3)cc1CC2. The summed E-state index contributed by atoms with van der Waals surface area (Å²) in [5.41, 5.74) is 14.4. The maximum atomic E-state index is 6.14. The monoisotopic (exact) mass is 422 g/mol. The molecule has 2 aromatic rings. The topological polar surface area (TPSA) is 34.0 Å². The Balaban J connectivity index is 1.30. The molecular formula is C29H30N2O. The number of ether oxygens (including phenoxy) is 1. The van der Waals surface area contributed by atoms with E-state index in [2.05, 4.69) is 64.1 Å². The molecule has 0 unspecified atom stereocenters. The number of hydrogen-bond acceptors (Lipinski definition) is 3. The highest BCUT2D eigenvalue weighted by molar-refractivity contribution is 6.03. The maximum absolute atomic E-state index is 6.14. The van der Waals surface area contributed by atoms with Gasteiger partial charge in [0.15, 0.2) is 0 Å². The Morgan fingerprint density at radius 2 is 1.34 bits per heavy atom. The normalized spacial score (nSPS) is 18.9. The molecule has 0 N–H and O–H groups in total. The van der Waals surface area contributed by atoms with Crippen molar-refractivity contribution in [1.82, 2.24) is 0 Å². The van der Waals surface area contributed by atoms with E-state index >= 15 is 0 Å². The van der Waals surface area contributed by atoms with E-state index in [9.17, 15) is 0 Å². The first-order valence-corrected chi connectivity index (χ1v) is 12.0. The Morgan fingerprint density at radius 1 is 0.719 bits per heavy atom. The fourth-order valence-corrected chi connectivity index (χ4v) is 5.37. The Kier molecular flexibility index (Phi) is 4.50. The zero-order valence-corrected chi connectivity index (χ0v) is 19.5. The Bertz CT molecular complexity index is 1170. The molecule has 0 radical (unpaired) electrons. The molecule has 1 aliphatic carbocycles. The smallest absolute Gasteiger partial charge is 0.131 e. The van der Waals surface area contributed by atoms with Crippen molar-refractivity contribution in [2.24, 2.45) is 21.8 Å². The minimum Gasteiger partial charge on any atom is -0.487 e. The third-order valence-corrected chi connectivity index (χ3v) is 7.37. The van der Waals surface area contributed by atoms with Gasteiger partial charge >= 0.3 is 0 Å². The van der Waals surface area contributed by atoms with Gasteiger partial charge in [0.2, 0.25) is 0 Å². The third-order valence-electron chi connectivity index (χ3n) is 7.37. The van der Waals surface area contributed by atoms with Crippen LogP contribution in [0.3, 0.4) is 0 Å². The predicted molar refractivity (Wildman–Crippen MR) is 133 cm³/mol. The van der Waals surface area contributed by atoms with Gasteiger partial charge in [-0.25, -0.2) is 0 Å². The summed E-state index contributed by atoms with van der Waals surface area (Å²) >= 11 is 0. The van der Waals surface area contributed by atoms with E-state index in [-0.39, 0.29) is 0 Å². The van der Waals surface area contributed by atoms with Gasteiger partial charge in [-0.15, -0.1) is 0 Å². The van der Waals surface area contributed by atoms with Crippen molar-refractivity contribution in [2.75, 3.05) is 6.61 Å². The molecule has 0 amide bonds. The summed E-state index contributed by atoms with van der Waals surface area (Å²) in [5.74, 6) is 2.00. The van der Waals surface area contributed by atoms with Gasteiger partial charge in [0.1, 0.15) is 12.4 Å². The van der Waals surface area contributed by atoms with Crippen LogP contribution in [0, 0.1) is 11.8 Å². The summed E-state index contributed by atoms with van der Waals surface area (Å²) in [6.45, 7) is 9.53. The van der Waals surface area contributed by atoms with Crippen LogP contribution in [0.1, 0.15) is 63.6 Å². The molecule has 162 valence electrons. The lowest BCUT2D eigenvalue weighted by Crippen LogP contribution is -2.08. The van der Waals surface area contributed by atoms with Gasteiger partial charge in [-0.2, -0.15) is 0 Å². The molecule has 0 saturated carbocycles. The van der Waals surface area contributed by atoms with Crippen LogP contribution in [-0.4, -0.2) is 18.0 Å². The minimum absolute atomic E-state index is 0.483. The van der Waals surface area contributed by atoms with Crippen molar-refractivity contribution in [1.29, 1.82) is 0 Å². The highest BCUT2D eigenvalue weighted by Crippen LogP contribution is 2.43. The first kappa shape index (κ1) is 19.7. The molecule has 0 spiro atoms. The molecule has 0 saturated heterocycles. The number of aliphatic imine (C=N–C) groups is 2. The summed E-state index contributed by atoms with van der Waals surface area (Å²) in [5, 5.41) is 0. The Hall–Kier alpha value is -2.94. The molecule has 32 heavy (non-hydrogen) atoms. The summed E-state index contributed by atoms with van der Waals surface area (Å²) in [6.07, 6.45) is 4.11. The van der Waals surface area contributed by atoms with Gasteiger partial charge in [0, 0.05) is 35.5 Å². The van der Waals surface area contributed by atoms with Crippen LogP contribution in [0.15, 0.2) is 57.8 Å². The Morgan fingerprint density at radius 3 is 2.06 bits per heavy atom. The largest absolute Gasteiger partial charge is 0.487 e. The molecule has 3 heteroatoms. The second-order valence-corrected chi connectivity index (χ2v) is 10.1. The average molecular weight is 423 g/mol. The maximum Gasteiger partial charge on any atom is 0.131 e. The standard InChI is InChI=1S/C29H30N2O/c1-16(2)26-13-23-21-8-5-18(11-20(21)7-10-25(23)30-26)19-6-9-22-24-14-27(17(3)4)31-28(24)15-32-29(22)12-19/h5-6,8-9,11-12,16-17H,7,10,13-15H2,1-4H3. The van der Waals surface area contributed by atoms with Crippen LogP contribution in [0.4, 0.5) is 0 Å². The predicted octanol–water partition coefficient (Wildman–Crippen LogP) is 7.12. The molecule has 3 heterocycles. The zero-order chi connectivity index (χ0) is 22.0. The van der Waals surface area contributed by atoms with Crippen molar-refractivity contribution >= 4 is 22.6 Å². The lowest BCUT2D eigenvalue weighted by Gasteiger charge is -2.21. The van der Waals surface area contributed by atoms with E-state index in [0.29, 0.717) is 18.4 Å². The fourth-order valence-electron chi connectivity index (χ4n) is 5.37. The number of benzene rings is 2. The van der Waals surface area contributed by atoms with E-state index in [1.807, 2.05) is 0 Å². The van der Waals surface area contributed by atoms with Crippen molar-refractivity contribution < 1.29 is 4.74 Å². The van der Waals surface area contributed by atoms with E-state index in [1.165, 1.54) is 56.1 Å². The molecule has 4 aliphatic rings. The number of fused-ring (bicyclic) bond motifs is 4. The molecule has 3 nitrogen and oxygen atoms in total. The van der Waals surface area contributed by atoms with E-state index in [1.54, 1.807) is 0 Å². The van der Waals surface area contributed by atoms with Crippen LogP contribution in [0.25, 0.3) is 22.3 Å². The van der Waals surface area contributed by atoms with Gasteiger partial charge in [-0.3, -0.25) is 9.98 Å². The number of rotatable bonds is 3.